The van der Waals surface area contributed by atoms with E-state index in [0.717, 1.165) is 0 Å². The van der Waals surface area contributed by atoms with Gasteiger partial charge in [0.2, 0.25) is 0 Å². The maximum Gasteiger partial charge on any atom is 0.429 e. The zero-order valence-corrected chi connectivity index (χ0v) is 19.1. The minimum atomic E-state index is -4.78. The van der Waals surface area contributed by atoms with Gasteiger partial charge in [0.05, 0.1) is 29.4 Å². The maximum atomic E-state index is 13.0. The van der Waals surface area contributed by atoms with Crippen LogP contribution in [0.15, 0.2) is 53.5 Å². The second-order valence-electron chi connectivity index (χ2n) is 7.83. The Bertz CT molecular complexity index is 1090. The first kappa shape index (κ1) is 25.4. The van der Waals surface area contributed by atoms with Crippen LogP contribution in [0, 0.1) is 11.3 Å². The smallest absolute Gasteiger partial charge is 0.429 e. The minimum Gasteiger partial charge on any atom is -0.469 e. The molecule has 0 atom stereocenters. The van der Waals surface area contributed by atoms with Crippen LogP contribution in [-0.4, -0.2) is 54.6 Å². The highest BCUT2D eigenvalue weighted by molar-refractivity contribution is 6.33. The molecule has 1 fully saturated rings. The van der Waals surface area contributed by atoms with E-state index in [1.54, 1.807) is 29.2 Å². The molecule has 1 aliphatic heterocycles. The number of halogens is 4. The molecule has 34 heavy (non-hydrogen) atoms. The third kappa shape index (κ3) is 6.22. The zero-order chi connectivity index (χ0) is 24.9. The number of carbonyl (C=O) groups excluding carboxylic acids is 2. The first-order valence-corrected chi connectivity index (χ1v) is 10.9. The predicted octanol–water partition coefficient (Wildman–Crippen LogP) is 5.46. The second kappa shape index (κ2) is 10.8. The van der Waals surface area contributed by atoms with Crippen LogP contribution in [-0.2, 0) is 9.53 Å². The van der Waals surface area contributed by atoms with Gasteiger partial charge in [-0.05, 0) is 42.7 Å². The van der Waals surface area contributed by atoms with E-state index < -0.39 is 18.3 Å². The molecule has 0 bridgehead atoms. The summed E-state index contributed by atoms with van der Waals surface area (Å²) >= 11 is 6.11. The van der Waals surface area contributed by atoms with Gasteiger partial charge < -0.3 is 15.0 Å². The molecule has 1 saturated heterocycles. The van der Waals surface area contributed by atoms with Crippen LogP contribution in [0.25, 0.3) is 0 Å². The average Bonchev–Trinajstić information content (AvgIpc) is 2.83. The van der Waals surface area contributed by atoms with Crippen molar-refractivity contribution in [3.63, 3.8) is 0 Å². The number of carbonyl (C=O) groups is 2. The Morgan fingerprint density at radius 1 is 1.09 bits per heavy atom. The predicted molar refractivity (Wildman–Crippen MR) is 123 cm³/mol. The van der Waals surface area contributed by atoms with E-state index in [1.807, 2.05) is 0 Å². The molecule has 10 heteroatoms. The third-order valence-electron chi connectivity index (χ3n) is 5.58. The molecule has 2 aromatic rings. The lowest BCUT2D eigenvalue weighted by Crippen LogP contribution is -2.40. The van der Waals surface area contributed by atoms with Crippen molar-refractivity contribution in [3.05, 3.63) is 64.7 Å². The van der Waals surface area contributed by atoms with E-state index in [1.165, 1.54) is 31.4 Å². The van der Waals surface area contributed by atoms with Gasteiger partial charge in [0.25, 0.3) is 5.91 Å². The Labute approximate surface area is 199 Å². The molecule has 0 spiro atoms. The van der Waals surface area contributed by atoms with Crippen molar-refractivity contribution in [2.75, 3.05) is 20.2 Å². The van der Waals surface area contributed by atoms with Gasteiger partial charge in [0.15, 0.2) is 0 Å². The summed E-state index contributed by atoms with van der Waals surface area (Å²) in [7, 11) is 1.33. The second-order valence-corrected chi connectivity index (χ2v) is 8.24. The Hall–Kier alpha value is -3.20. The molecular weight excluding hydrogens is 471 g/mol. The van der Waals surface area contributed by atoms with Gasteiger partial charge in [0.1, 0.15) is 5.71 Å². The summed E-state index contributed by atoms with van der Waals surface area (Å²) in [5, 5.41) is 7.68. The molecule has 1 N–H and O–H groups in total. The number of nitrogens with zero attached hydrogens (tertiary/aromatic N) is 2. The molecule has 0 aliphatic carbocycles. The Kier molecular flexibility index (Phi) is 8.09. The Morgan fingerprint density at radius 2 is 1.68 bits per heavy atom. The lowest BCUT2D eigenvalue weighted by Gasteiger charge is -2.30. The van der Waals surface area contributed by atoms with E-state index >= 15 is 0 Å². The number of alkyl halides is 3. The van der Waals surface area contributed by atoms with Gasteiger partial charge in [0, 0.05) is 25.1 Å². The number of hydrogen-bond donors (Lipinski definition) is 1. The van der Waals surface area contributed by atoms with Crippen molar-refractivity contribution in [1.29, 1.82) is 5.41 Å². The number of ether oxygens (including phenoxy) is 1. The fraction of sp³-hybridized carbons (Fsp3) is 0.333. The first-order valence-electron chi connectivity index (χ1n) is 10.5. The molecule has 6 nitrogen and oxygen atoms in total. The number of para-hydroxylation sites is 1. The van der Waals surface area contributed by atoms with Crippen molar-refractivity contribution in [1.82, 2.24) is 4.90 Å². The van der Waals surface area contributed by atoms with Gasteiger partial charge in [-0.2, -0.15) is 13.2 Å². The molecule has 180 valence electrons. The molecule has 1 heterocycles. The maximum absolute atomic E-state index is 13.0. The van der Waals surface area contributed by atoms with Crippen LogP contribution in [0.2, 0.25) is 5.02 Å². The number of methoxy groups -OCH3 is 1. The summed E-state index contributed by atoms with van der Waals surface area (Å²) < 4.78 is 43.9. The number of amides is 1. The van der Waals surface area contributed by atoms with E-state index in [4.69, 9.17) is 21.7 Å². The number of aliphatic imine (C=N–C) groups is 1. The highest BCUT2D eigenvalue weighted by atomic mass is 35.5. The van der Waals surface area contributed by atoms with E-state index in [2.05, 4.69) is 4.99 Å². The van der Waals surface area contributed by atoms with Crippen molar-refractivity contribution < 1.29 is 27.5 Å². The van der Waals surface area contributed by atoms with E-state index in [0.29, 0.717) is 37.1 Å². The summed E-state index contributed by atoms with van der Waals surface area (Å²) in [5.41, 5.74) is -0.443. The molecule has 3 rings (SSSR count). The first-order chi connectivity index (χ1) is 16.1. The largest absolute Gasteiger partial charge is 0.469 e. The summed E-state index contributed by atoms with van der Waals surface area (Å²) in [6.07, 6.45) is -4.52. The van der Waals surface area contributed by atoms with Crippen LogP contribution in [0.4, 0.5) is 18.9 Å². The molecular formula is C24H23ClF3N3O3. The standard InChI is InChI=1S/C24H23ClF3N3O3/c1-34-23(33)17-10-12-31(13-11-17)22(32)16-8-6-15(7-9-16)20(14-21(29)24(26,27)28)30-19-5-3-2-4-18(19)25/h2-9,17,29H,10-14H2,1H3. The fourth-order valence-corrected chi connectivity index (χ4v) is 3.81. The minimum absolute atomic E-state index is 0.00770. The van der Waals surface area contributed by atoms with Crippen LogP contribution in [0.1, 0.15) is 35.2 Å². The lowest BCUT2D eigenvalue weighted by atomic mass is 9.96. The summed E-state index contributed by atoms with van der Waals surface area (Å²) in [6.45, 7) is 0.810. The Balaban J connectivity index is 1.81. The number of benzene rings is 2. The number of esters is 1. The van der Waals surface area contributed by atoms with Crippen LogP contribution >= 0.6 is 11.6 Å². The number of nitrogens with one attached hydrogen (secondary N) is 1. The van der Waals surface area contributed by atoms with Gasteiger partial charge >= 0.3 is 12.1 Å². The monoisotopic (exact) mass is 493 g/mol. The average molecular weight is 494 g/mol. The Morgan fingerprint density at radius 3 is 2.24 bits per heavy atom. The molecule has 1 aliphatic rings. The highest BCUT2D eigenvalue weighted by Crippen LogP contribution is 2.27. The molecule has 1 amide bonds. The van der Waals surface area contributed by atoms with E-state index in [-0.39, 0.29) is 34.2 Å². The molecule has 0 aromatic heterocycles. The van der Waals surface area contributed by atoms with Crippen molar-refractivity contribution in [3.8, 4) is 0 Å². The third-order valence-corrected chi connectivity index (χ3v) is 5.90. The molecule has 0 saturated carbocycles. The van der Waals surface area contributed by atoms with Gasteiger partial charge in [-0.1, -0.05) is 35.9 Å². The molecule has 2 aromatic carbocycles. The molecule has 0 unspecified atom stereocenters. The number of piperidine rings is 1. The quantitative estimate of drug-likeness (QED) is 0.428. The van der Waals surface area contributed by atoms with Crippen molar-refractivity contribution in [2.24, 2.45) is 10.9 Å². The number of likely N-dealkylation sites (tertiary alicyclic amines) is 1. The van der Waals surface area contributed by atoms with Gasteiger partial charge in [-0.25, -0.2) is 0 Å². The van der Waals surface area contributed by atoms with E-state index in [9.17, 15) is 22.8 Å². The molecule has 0 radical (unpaired) electrons. The van der Waals surface area contributed by atoms with Gasteiger partial charge in [-0.15, -0.1) is 0 Å². The number of rotatable bonds is 6. The summed E-state index contributed by atoms with van der Waals surface area (Å²) in [4.78, 5) is 30.4. The zero-order valence-electron chi connectivity index (χ0n) is 18.4. The van der Waals surface area contributed by atoms with Crippen LogP contribution < -0.4 is 0 Å². The summed E-state index contributed by atoms with van der Waals surface area (Å²) in [5.74, 6) is -0.752. The SMILES string of the molecule is COC(=O)C1CCN(C(=O)c2ccc(C(CC(=N)C(F)(F)F)=Nc3ccccc3Cl)cc2)CC1. The lowest BCUT2D eigenvalue weighted by molar-refractivity contribution is -0.146. The normalized spacial score (nSPS) is 15.2. The van der Waals surface area contributed by atoms with Crippen LogP contribution in [0.5, 0.6) is 0 Å². The van der Waals surface area contributed by atoms with Crippen LogP contribution in [0.3, 0.4) is 0 Å². The van der Waals surface area contributed by atoms with Crippen molar-refractivity contribution in [2.45, 2.75) is 25.4 Å². The topological polar surface area (TPSA) is 82.8 Å². The summed E-state index contributed by atoms with van der Waals surface area (Å²) in [6, 6.07) is 12.5. The fourth-order valence-electron chi connectivity index (χ4n) is 3.63. The van der Waals surface area contributed by atoms with Gasteiger partial charge in [-0.3, -0.25) is 14.6 Å². The highest BCUT2D eigenvalue weighted by Gasteiger charge is 2.35. The number of hydrogen-bond acceptors (Lipinski definition) is 5. The van der Waals surface area contributed by atoms with Crippen molar-refractivity contribution >= 4 is 40.6 Å².